The number of ether oxygens (including phenoxy) is 4. The fourth-order valence-electron chi connectivity index (χ4n) is 9.43. The van der Waals surface area contributed by atoms with Crippen molar-refractivity contribution in [3.05, 3.63) is 101 Å². The van der Waals surface area contributed by atoms with Crippen molar-refractivity contribution in [2.45, 2.75) is 171 Å². The van der Waals surface area contributed by atoms with Gasteiger partial charge in [0.25, 0.3) is 0 Å². The van der Waals surface area contributed by atoms with E-state index in [1.165, 1.54) is 31.2 Å². The second kappa shape index (κ2) is 30.1. The minimum absolute atomic E-state index is 0.00200. The minimum atomic E-state index is -3.96. The number of benzene rings is 2. The first-order valence-corrected chi connectivity index (χ1v) is 29.1. The van der Waals surface area contributed by atoms with Crippen LogP contribution < -0.4 is 16.0 Å². The Bertz CT molecular complexity index is 2540. The summed E-state index contributed by atoms with van der Waals surface area (Å²) in [6.45, 7) is 9.74. The van der Waals surface area contributed by atoms with Gasteiger partial charge < -0.3 is 40.0 Å². The zero-order valence-corrected chi connectivity index (χ0v) is 46.8. The number of carbonyl (C=O) groups is 7. The highest BCUT2D eigenvalue weighted by atomic mass is 79.9. The topological polar surface area (TPSA) is 250 Å². The van der Waals surface area contributed by atoms with Gasteiger partial charge in [-0.3, -0.25) is 33.6 Å². The van der Waals surface area contributed by atoms with E-state index >= 15 is 0 Å². The minimum Gasteiger partial charge on any atom is -0.459 e. The molecule has 19 heteroatoms. The molecule has 3 aliphatic heterocycles. The predicted molar refractivity (Wildman–Crippen MR) is 289 cm³/mol. The van der Waals surface area contributed by atoms with Crippen molar-refractivity contribution >= 4 is 66.8 Å². The lowest BCUT2D eigenvalue weighted by Gasteiger charge is -2.39. The molecule has 5 rings (SSSR count). The zero-order valence-electron chi connectivity index (χ0n) is 44.4. The van der Waals surface area contributed by atoms with Crippen LogP contribution in [0.1, 0.15) is 116 Å². The van der Waals surface area contributed by atoms with E-state index in [1.54, 1.807) is 49.4 Å². The molecule has 3 saturated heterocycles. The maximum atomic E-state index is 13.3. The maximum absolute atomic E-state index is 13.3. The van der Waals surface area contributed by atoms with Crippen molar-refractivity contribution in [1.82, 2.24) is 16.0 Å². The summed E-state index contributed by atoms with van der Waals surface area (Å²) in [6.07, 6.45) is 10.8. The van der Waals surface area contributed by atoms with Gasteiger partial charge in [-0.25, -0.2) is 8.42 Å². The Balaban J connectivity index is 1.02. The van der Waals surface area contributed by atoms with E-state index in [4.69, 9.17) is 18.9 Å². The summed E-state index contributed by atoms with van der Waals surface area (Å²) in [5, 5.41) is 19.9. The molecule has 3 fully saturated rings. The lowest BCUT2D eigenvalue weighted by Crippen LogP contribution is -2.50. The summed E-state index contributed by atoms with van der Waals surface area (Å²) in [6, 6.07) is 13.1. The largest absolute Gasteiger partial charge is 0.459 e. The second-order valence-corrected chi connectivity index (χ2v) is 22.9. The van der Waals surface area contributed by atoms with Crippen molar-refractivity contribution in [2.75, 3.05) is 30.8 Å². The summed E-state index contributed by atoms with van der Waals surface area (Å²) in [5.74, 6) is -2.28. The molecule has 1 spiro atoms. The Kier molecular flexibility index (Phi) is 24.4. The van der Waals surface area contributed by atoms with Gasteiger partial charge in [0, 0.05) is 58.1 Å². The highest BCUT2D eigenvalue weighted by Gasteiger charge is 2.58. The lowest BCUT2D eigenvalue weighted by atomic mass is 9.86. The van der Waals surface area contributed by atoms with Gasteiger partial charge in [0.1, 0.15) is 41.2 Å². The molecule has 2 aromatic rings. The van der Waals surface area contributed by atoms with E-state index in [0.29, 0.717) is 44.4 Å². The average Bonchev–Trinajstić information content (AvgIpc) is 4.16. The van der Waals surface area contributed by atoms with Crippen LogP contribution in [0.4, 0.5) is 0 Å². The summed E-state index contributed by atoms with van der Waals surface area (Å²) in [4.78, 5) is 86.3. The number of sulfone groups is 1. The number of aryl methyl sites for hydroxylation is 2. The summed E-state index contributed by atoms with van der Waals surface area (Å²) >= 11 is 3.09. The van der Waals surface area contributed by atoms with Gasteiger partial charge in [0.15, 0.2) is 15.6 Å². The van der Waals surface area contributed by atoms with Crippen LogP contribution >= 0.6 is 15.9 Å². The Labute approximate surface area is 455 Å². The number of halogens is 1. The number of hydrogen-bond acceptors (Lipinski definition) is 14. The quantitative estimate of drug-likeness (QED) is 0.0179. The number of rotatable bonds is 30. The Morgan fingerprint density at radius 1 is 0.868 bits per heavy atom. The highest BCUT2D eigenvalue weighted by Crippen LogP contribution is 2.43. The molecule has 2 aromatic carbocycles. The molecule has 3 amide bonds. The molecule has 416 valence electrons. The first-order valence-electron chi connectivity index (χ1n) is 26.3. The third kappa shape index (κ3) is 20.6. The number of Topliss-reactive ketones (excluding diaryl/α,β-unsaturated/α-hetero) is 3. The average molecular weight is 1140 g/mol. The van der Waals surface area contributed by atoms with Gasteiger partial charge in [0.2, 0.25) is 17.7 Å². The molecule has 9 atom stereocenters. The van der Waals surface area contributed by atoms with Crippen molar-refractivity contribution < 1.29 is 66.0 Å². The molecule has 0 aliphatic carbocycles. The van der Waals surface area contributed by atoms with Crippen LogP contribution in [-0.4, -0.2) is 134 Å². The molecule has 0 unspecified atom stereocenters. The summed E-state index contributed by atoms with van der Waals surface area (Å²) in [5.41, 5.74) is 2.37. The molecule has 0 aromatic heterocycles. The first-order chi connectivity index (χ1) is 36.1. The molecule has 0 saturated carbocycles. The van der Waals surface area contributed by atoms with E-state index in [0.717, 1.165) is 36.0 Å². The number of nitrogens with one attached hydrogen (secondary N) is 3. The monoisotopic (exact) mass is 1140 g/mol. The Hall–Kier alpha value is -5.18. The van der Waals surface area contributed by atoms with Crippen LogP contribution in [0.15, 0.2) is 89.4 Å². The number of allylic oxidation sites excluding steroid dienone is 2. The standard InChI is InChI=1S/C57H76BrN3O14S/c1-37(14-25-51-38(2)29-50(40(4)74-51)61-54(67)27-16-39(3)73-41(5)62)15-26-52-56(69)57(36-72-57)32-48(75-52)31-45(63)21-17-42-18-23-49(24-19-42)76(70,71)35-46(64)22-20-43-11-8-9-12-44(43)30-47(65)34-60-53(66)13-7-6-10-28-59-55(68)33-58/h8-9,11-12,14-16,18-19,23-24,26-27,38-40,48,50-52,56,69H,6-7,10,13,17,20-22,25,28-36H2,1-5H3,(H,59,68)(H,60,66)(H,61,67)/b26-15+,27-16-,37-14+/t38-,39-,40+,48+,50+,51-,52+,56+,57+/m0/s1. The normalized spacial score (nSPS) is 24.0. The van der Waals surface area contributed by atoms with Crippen LogP contribution in [-0.2, 0) is 81.6 Å². The van der Waals surface area contributed by atoms with Gasteiger partial charge in [-0.2, -0.15) is 0 Å². The van der Waals surface area contributed by atoms with Crippen LogP contribution in [0.5, 0.6) is 0 Å². The Morgan fingerprint density at radius 2 is 1.58 bits per heavy atom. The maximum Gasteiger partial charge on any atom is 0.303 e. The zero-order chi connectivity index (χ0) is 55.4. The number of hydrogen-bond donors (Lipinski definition) is 4. The number of ketones is 3. The van der Waals surface area contributed by atoms with Crippen molar-refractivity contribution in [3.8, 4) is 0 Å². The second-order valence-electron chi connectivity index (χ2n) is 20.4. The molecular weight excluding hydrogens is 1060 g/mol. The van der Waals surface area contributed by atoms with Crippen LogP contribution in [0.2, 0.25) is 0 Å². The molecule has 17 nitrogen and oxygen atoms in total. The van der Waals surface area contributed by atoms with Gasteiger partial charge >= 0.3 is 5.97 Å². The number of aliphatic hydroxyl groups is 1. The SMILES string of the molecule is CC(=O)O[C@@H](C)/C=C\C(=O)N[C@@H]1C[C@H](C)[C@H](C/C=C(C)/C=C/[C@H]2O[C@H](CC(=O)CCc3ccc(S(=O)(=O)CC(=O)CCc4ccccc4CC(=O)CNC(=O)CCCCCNC(=O)CBr)cc3)C[C@@]3(CO3)[C@@H]2O)O[C@@H]1C. The number of unbranched alkanes of at least 4 members (excludes halogenated alkanes) is 2. The van der Waals surface area contributed by atoms with Gasteiger partial charge in [0.05, 0.1) is 47.7 Å². The van der Waals surface area contributed by atoms with Crippen molar-refractivity contribution in [3.63, 3.8) is 0 Å². The van der Waals surface area contributed by atoms with Crippen molar-refractivity contribution in [2.24, 2.45) is 5.92 Å². The van der Waals surface area contributed by atoms with Crippen LogP contribution in [0, 0.1) is 5.92 Å². The molecular formula is C57H76BrN3O14S. The van der Waals surface area contributed by atoms with E-state index in [1.807, 2.05) is 19.9 Å². The van der Waals surface area contributed by atoms with Crippen LogP contribution in [0.3, 0.4) is 0 Å². The number of esters is 1. The number of epoxide rings is 1. The Morgan fingerprint density at radius 3 is 2.28 bits per heavy atom. The fourth-order valence-corrected chi connectivity index (χ4v) is 10.9. The van der Waals surface area contributed by atoms with Crippen molar-refractivity contribution in [1.29, 1.82) is 0 Å². The summed E-state index contributed by atoms with van der Waals surface area (Å²) < 4.78 is 50.0. The number of alkyl halides is 1. The van der Waals surface area contributed by atoms with E-state index < -0.39 is 57.4 Å². The smallest absolute Gasteiger partial charge is 0.303 e. The van der Waals surface area contributed by atoms with Gasteiger partial charge in [-0.15, -0.1) is 0 Å². The number of amides is 3. The molecule has 0 bridgehead atoms. The number of aliphatic hydroxyl groups excluding tert-OH is 1. The van der Waals surface area contributed by atoms with E-state index in [9.17, 15) is 47.1 Å². The molecule has 76 heavy (non-hydrogen) atoms. The van der Waals surface area contributed by atoms with E-state index in [-0.39, 0.29) is 109 Å². The van der Waals surface area contributed by atoms with Gasteiger partial charge in [-0.05, 0) is 100 Å². The fraction of sp³-hybridized carbons (Fsp3) is 0.561. The molecule has 3 heterocycles. The van der Waals surface area contributed by atoms with Crippen LogP contribution in [0.25, 0.3) is 0 Å². The van der Waals surface area contributed by atoms with E-state index in [2.05, 4.69) is 44.9 Å². The highest BCUT2D eigenvalue weighted by molar-refractivity contribution is 9.09. The number of carbonyl (C=O) groups excluding carboxylic acids is 7. The molecule has 0 radical (unpaired) electrons. The third-order valence-electron chi connectivity index (χ3n) is 13.9. The summed E-state index contributed by atoms with van der Waals surface area (Å²) in [7, 11) is -3.96. The predicted octanol–water partition coefficient (Wildman–Crippen LogP) is 5.84. The molecule has 3 aliphatic rings. The van der Waals surface area contributed by atoms with Gasteiger partial charge in [-0.1, -0.05) is 89.5 Å². The third-order valence-corrected chi connectivity index (χ3v) is 16.1. The molecule has 4 N–H and O–H groups in total. The lowest BCUT2D eigenvalue weighted by molar-refractivity contribution is -0.144. The first kappa shape index (κ1) is 61.7.